The summed E-state index contributed by atoms with van der Waals surface area (Å²) in [7, 11) is -1.59. The van der Waals surface area contributed by atoms with Crippen LogP contribution in [0, 0.1) is 0 Å². The van der Waals surface area contributed by atoms with Gasteiger partial charge in [-0.1, -0.05) is 24.3 Å². The summed E-state index contributed by atoms with van der Waals surface area (Å²) in [5, 5.41) is 0. The molecule has 0 unspecified atom stereocenters. The summed E-state index contributed by atoms with van der Waals surface area (Å²) < 4.78 is 16.6. The minimum atomic E-state index is -1.59. The Labute approximate surface area is 117 Å². The van der Waals surface area contributed by atoms with E-state index >= 15 is 0 Å². The average molecular weight is 285 g/mol. The first kappa shape index (κ1) is 15.7. The van der Waals surface area contributed by atoms with Gasteiger partial charge in [-0.05, 0) is 37.1 Å². The smallest absolute Gasteiger partial charge is 0.371 e. The van der Waals surface area contributed by atoms with E-state index in [2.05, 4.69) is 24.8 Å². The fraction of sp³-hybridized carbons (Fsp3) is 0.538. The van der Waals surface area contributed by atoms with Gasteiger partial charge in [-0.3, -0.25) is 0 Å². The van der Waals surface area contributed by atoms with Gasteiger partial charge >= 0.3 is 9.53 Å². The van der Waals surface area contributed by atoms with Crippen LogP contribution in [0.15, 0.2) is 24.3 Å². The van der Waals surface area contributed by atoms with Crippen LogP contribution in [0.5, 0.6) is 0 Å². The third-order valence-electron chi connectivity index (χ3n) is 2.37. The van der Waals surface area contributed by atoms with Crippen LogP contribution in [-0.2, 0) is 26.3 Å². The van der Waals surface area contributed by atoms with Crippen molar-refractivity contribution >= 4 is 22.2 Å². The maximum absolute atomic E-state index is 5.73. The van der Waals surface area contributed by atoms with E-state index in [9.17, 15) is 0 Å². The number of benzene rings is 1. The van der Waals surface area contributed by atoms with Crippen molar-refractivity contribution in [3.63, 3.8) is 0 Å². The van der Waals surface area contributed by atoms with E-state index in [1.54, 1.807) is 0 Å². The summed E-state index contributed by atoms with van der Waals surface area (Å²) >= 11 is 4.27. The monoisotopic (exact) mass is 285 g/mol. The minimum Gasteiger partial charge on any atom is -0.371 e. The van der Waals surface area contributed by atoms with E-state index in [1.807, 2.05) is 26.0 Å². The molecule has 0 heterocycles. The van der Waals surface area contributed by atoms with E-state index in [1.165, 1.54) is 11.1 Å². The molecule has 0 amide bonds. The van der Waals surface area contributed by atoms with Gasteiger partial charge in [-0.25, -0.2) is 0 Å². The van der Waals surface area contributed by atoms with Gasteiger partial charge in [0.25, 0.3) is 0 Å². The predicted octanol–water partition coefficient (Wildman–Crippen LogP) is 2.73. The normalized spacial score (nSPS) is 11.1. The zero-order chi connectivity index (χ0) is 13.2. The molecule has 0 aromatic heterocycles. The fourth-order valence-corrected chi connectivity index (χ4v) is 2.80. The lowest BCUT2D eigenvalue weighted by molar-refractivity contribution is 0.0959. The van der Waals surface area contributed by atoms with Gasteiger partial charge in [0.05, 0.1) is 6.61 Å². The number of hydrogen-bond acceptors (Lipinski definition) is 4. The second-order valence-electron chi connectivity index (χ2n) is 3.65. The van der Waals surface area contributed by atoms with Crippen LogP contribution < -0.4 is 0 Å². The van der Waals surface area contributed by atoms with Crippen molar-refractivity contribution in [3.8, 4) is 0 Å². The third kappa shape index (κ3) is 5.54. The molecule has 0 atom stereocenters. The molecule has 0 N–H and O–H groups in total. The molecule has 101 valence electrons. The number of aryl methyl sites for hydroxylation is 1. The highest BCUT2D eigenvalue weighted by Gasteiger charge is 2.18. The highest BCUT2D eigenvalue weighted by molar-refractivity contribution is 7.80. The highest BCUT2D eigenvalue weighted by Crippen LogP contribution is 2.12. The summed E-state index contributed by atoms with van der Waals surface area (Å²) in [6, 6.07) is 8.26. The van der Waals surface area contributed by atoms with Crippen molar-refractivity contribution in [1.82, 2.24) is 0 Å². The zero-order valence-electron chi connectivity index (χ0n) is 11.0. The van der Waals surface area contributed by atoms with Gasteiger partial charge < -0.3 is 13.3 Å². The van der Waals surface area contributed by atoms with Crippen molar-refractivity contribution < 1.29 is 13.3 Å². The van der Waals surface area contributed by atoms with Crippen LogP contribution in [0.1, 0.15) is 25.0 Å². The Kier molecular flexibility index (Phi) is 8.37. The van der Waals surface area contributed by atoms with Crippen LogP contribution in [0.2, 0.25) is 0 Å². The van der Waals surface area contributed by atoms with Crippen molar-refractivity contribution in [1.29, 1.82) is 0 Å². The van der Waals surface area contributed by atoms with Gasteiger partial charge in [-0.2, -0.15) is 12.6 Å². The molecular weight excluding hydrogens is 264 g/mol. The Morgan fingerprint density at radius 3 is 2.17 bits per heavy atom. The quantitative estimate of drug-likeness (QED) is 0.558. The molecule has 0 bridgehead atoms. The second-order valence-corrected chi connectivity index (χ2v) is 5.46. The Hall–Kier alpha value is -0.333. The minimum absolute atomic E-state index is 0.540. The van der Waals surface area contributed by atoms with Gasteiger partial charge in [0.2, 0.25) is 0 Å². The van der Waals surface area contributed by atoms with Gasteiger partial charge in [0, 0.05) is 13.2 Å². The summed E-state index contributed by atoms with van der Waals surface area (Å²) in [4.78, 5) is 0. The molecule has 5 heteroatoms. The highest BCUT2D eigenvalue weighted by atomic mass is 32.1. The number of hydrogen-bond donors (Lipinski definition) is 1. The molecule has 18 heavy (non-hydrogen) atoms. The molecule has 0 fully saturated rings. The van der Waals surface area contributed by atoms with E-state index in [0.717, 1.165) is 12.2 Å². The molecular formula is C13H21O3SSi. The first-order valence-corrected chi connectivity index (χ1v) is 8.10. The SMILES string of the molecule is CCO[Si](OCC)OCc1ccccc1CCS. The summed E-state index contributed by atoms with van der Waals surface area (Å²) in [5.41, 5.74) is 2.47. The van der Waals surface area contributed by atoms with E-state index in [-0.39, 0.29) is 0 Å². The van der Waals surface area contributed by atoms with Crippen molar-refractivity contribution in [3.05, 3.63) is 35.4 Å². The van der Waals surface area contributed by atoms with Crippen LogP contribution in [0.4, 0.5) is 0 Å². The maximum Gasteiger partial charge on any atom is 0.578 e. The molecule has 1 aromatic carbocycles. The van der Waals surface area contributed by atoms with Crippen LogP contribution in [0.3, 0.4) is 0 Å². The average Bonchev–Trinajstić information content (AvgIpc) is 2.38. The third-order valence-corrected chi connectivity index (χ3v) is 4.02. The Balaban J connectivity index is 2.54. The Bertz CT molecular complexity index is 330. The largest absolute Gasteiger partial charge is 0.578 e. The van der Waals surface area contributed by atoms with E-state index < -0.39 is 9.53 Å². The van der Waals surface area contributed by atoms with Crippen LogP contribution >= 0.6 is 12.6 Å². The first-order valence-electron chi connectivity index (χ1n) is 6.24. The van der Waals surface area contributed by atoms with Crippen molar-refractivity contribution in [2.45, 2.75) is 26.9 Å². The molecule has 1 radical (unpaired) electrons. The molecule has 0 spiro atoms. The molecule has 1 aromatic rings. The fourth-order valence-electron chi connectivity index (χ4n) is 1.56. The van der Waals surface area contributed by atoms with Crippen LogP contribution in [-0.4, -0.2) is 28.5 Å². The van der Waals surface area contributed by atoms with Crippen LogP contribution in [0.25, 0.3) is 0 Å². The first-order chi connectivity index (χ1) is 8.81. The number of rotatable bonds is 9. The molecule has 0 saturated carbocycles. The lowest BCUT2D eigenvalue weighted by Crippen LogP contribution is -2.27. The molecule has 3 nitrogen and oxygen atoms in total. The van der Waals surface area contributed by atoms with Gasteiger partial charge in [0.15, 0.2) is 0 Å². The standard InChI is InChI=1S/C13H21O3SSi/c1-3-14-18(15-4-2)16-11-13-8-6-5-7-12(13)9-10-17/h5-8,17H,3-4,9-11H2,1-2H3. The molecule has 0 aliphatic heterocycles. The molecule has 0 aliphatic carbocycles. The Morgan fingerprint density at radius 2 is 1.61 bits per heavy atom. The van der Waals surface area contributed by atoms with Crippen molar-refractivity contribution in [2.24, 2.45) is 0 Å². The van der Waals surface area contributed by atoms with Crippen molar-refractivity contribution in [2.75, 3.05) is 19.0 Å². The summed E-state index contributed by atoms with van der Waals surface area (Å²) in [5.74, 6) is 0.839. The Morgan fingerprint density at radius 1 is 1.00 bits per heavy atom. The molecule has 0 aliphatic rings. The predicted molar refractivity (Wildman–Crippen MR) is 77.8 cm³/mol. The summed E-state index contributed by atoms with van der Waals surface area (Å²) in [6.07, 6.45) is 0.952. The lowest BCUT2D eigenvalue weighted by atomic mass is 10.1. The molecule has 1 rings (SSSR count). The second kappa shape index (κ2) is 9.58. The van der Waals surface area contributed by atoms with E-state index in [4.69, 9.17) is 13.3 Å². The van der Waals surface area contributed by atoms with E-state index in [0.29, 0.717) is 19.8 Å². The zero-order valence-corrected chi connectivity index (χ0v) is 12.9. The topological polar surface area (TPSA) is 27.7 Å². The maximum atomic E-state index is 5.73. The summed E-state index contributed by atoms with van der Waals surface area (Å²) in [6.45, 7) is 5.67. The van der Waals surface area contributed by atoms with Gasteiger partial charge in [-0.15, -0.1) is 0 Å². The van der Waals surface area contributed by atoms with Gasteiger partial charge in [0.1, 0.15) is 0 Å². The number of thiol groups is 1. The molecule has 0 saturated heterocycles. The lowest BCUT2D eigenvalue weighted by Gasteiger charge is -2.14.